The first kappa shape index (κ1) is 60.0. The number of rotatable bonds is 48. The summed E-state index contributed by atoms with van der Waals surface area (Å²) in [5.74, 6) is -0.604. The molecule has 0 aliphatic heterocycles. The zero-order valence-electron chi connectivity index (χ0n) is 40.9. The topological polar surface area (TPSA) is 110 Å². The maximum Gasteiger partial charge on any atom is 0.249 e. The molecule has 0 heterocycles. The van der Waals surface area contributed by atoms with Crippen LogP contribution in [0, 0.1) is 0 Å². The van der Waals surface area contributed by atoms with E-state index in [-0.39, 0.29) is 0 Å². The van der Waals surface area contributed by atoms with E-state index in [1.54, 1.807) is 0 Å². The highest BCUT2D eigenvalue weighted by Gasteiger charge is 2.28. The summed E-state index contributed by atoms with van der Waals surface area (Å²) in [5.41, 5.74) is 0. The van der Waals surface area contributed by atoms with Gasteiger partial charge in [-0.25, -0.2) is 0 Å². The summed E-state index contributed by atoms with van der Waals surface area (Å²) in [4.78, 5) is 12.6. The Balaban J connectivity index is 3.75. The molecular weight excluding hydrogens is 767 g/mol. The molecule has 362 valence electrons. The van der Waals surface area contributed by atoms with Crippen molar-refractivity contribution in [3.63, 3.8) is 0 Å². The third kappa shape index (κ3) is 43.3. The second-order valence-electron chi connectivity index (χ2n) is 18.2. The molecule has 0 saturated heterocycles. The maximum atomic E-state index is 12.6. The van der Waals surface area contributed by atoms with Crippen molar-refractivity contribution >= 4 is 5.91 Å². The number of carbonyl (C=O) groups is 1. The molecule has 0 aromatic heterocycles. The normalized spacial score (nSPS) is 14.4. The fourth-order valence-corrected chi connectivity index (χ4v) is 7.96. The number of carbonyl (C=O) groups excluding carboxylic acids is 1. The van der Waals surface area contributed by atoms with E-state index >= 15 is 0 Å². The minimum Gasteiger partial charge on any atom is -0.394 e. The summed E-state index contributed by atoms with van der Waals surface area (Å²) >= 11 is 0. The van der Waals surface area contributed by atoms with E-state index in [2.05, 4.69) is 79.9 Å². The SMILES string of the molecule is CCCCC/C=C\C=C/CCCCCCCCCCCC(O)C(=O)NC(CO)C(O)C(O)CCC/C=C/CC/C=C/CC/C=C/CCCCCCCCCCCCCCCCC. The van der Waals surface area contributed by atoms with E-state index in [9.17, 15) is 25.2 Å². The molecule has 5 N–H and O–H groups in total. The van der Waals surface area contributed by atoms with Crippen LogP contribution < -0.4 is 5.32 Å². The Kier molecular flexibility index (Phi) is 48.4. The van der Waals surface area contributed by atoms with Gasteiger partial charge < -0.3 is 25.7 Å². The minimum atomic E-state index is -1.30. The van der Waals surface area contributed by atoms with Gasteiger partial charge >= 0.3 is 0 Å². The highest BCUT2D eigenvalue weighted by molar-refractivity contribution is 5.80. The highest BCUT2D eigenvalue weighted by Crippen LogP contribution is 2.16. The molecule has 4 unspecified atom stereocenters. The first-order valence-electron chi connectivity index (χ1n) is 26.7. The third-order valence-electron chi connectivity index (χ3n) is 12.2. The van der Waals surface area contributed by atoms with Crippen LogP contribution in [0.1, 0.15) is 258 Å². The molecule has 1 amide bonds. The van der Waals surface area contributed by atoms with Crippen molar-refractivity contribution < 1.29 is 25.2 Å². The molecule has 0 saturated carbocycles. The summed E-state index contributed by atoms with van der Waals surface area (Å²) in [6.07, 6.45) is 64.2. The van der Waals surface area contributed by atoms with Crippen LogP contribution in [-0.4, -0.2) is 57.3 Å². The van der Waals surface area contributed by atoms with Gasteiger partial charge in [0.05, 0.1) is 18.8 Å². The number of allylic oxidation sites excluding steroid dienone is 10. The van der Waals surface area contributed by atoms with Crippen molar-refractivity contribution in [2.75, 3.05) is 6.61 Å². The number of hydrogen-bond acceptors (Lipinski definition) is 5. The van der Waals surface area contributed by atoms with Gasteiger partial charge in [-0.15, -0.1) is 0 Å². The number of aliphatic hydroxyl groups excluding tert-OH is 4. The number of unbranched alkanes of at least 4 members (excludes halogenated alkanes) is 30. The van der Waals surface area contributed by atoms with E-state index < -0.39 is 36.9 Å². The van der Waals surface area contributed by atoms with Crippen LogP contribution >= 0.6 is 0 Å². The van der Waals surface area contributed by atoms with Crippen LogP contribution in [0.15, 0.2) is 60.8 Å². The first-order valence-corrected chi connectivity index (χ1v) is 26.7. The number of aliphatic hydroxyl groups is 4. The van der Waals surface area contributed by atoms with Crippen LogP contribution in [0.4, 0.5) is 0 Å². The molecular formula is C56H103NO5. The van der Waals surface area contributed by atoms with Gasteiger partial charge in [-0.2, -0.15) is 0 Å². The van der Waals surface area contributed by atoms with Crippen LogP contribution in [0.2, 0.25) is 0 Å². The van der Waals surface area contributed by atoms with Crippen LogP contribution in [0.5, 0.6) is 0 Å². The first-order chi connectivity index (χ1) is 30.5. The summed E-state index contributed by atoms with van der Waals surface area (Å²) in [7, 11) is 0. The van der Waals surface area contributed by atoms with Gasteiger partial charge in [-0.1, -0.05) is 229 Å². The molecule has 0 bridgehead atoms. The van der Waals surface area contributed by atoms with Gasteiger partial charge in [0.2, 0.25) is 5.91 Å². The van der Waals surface area contributed by atoms with Crippen LogP contribution in [0.25, 0.3) is 0 Å². The Morgan fingerprint density at radius 2 is 0.726 bits per heavy atom. The van der Waals surface area contributed by atoms with E-state index in [0.29, 0.717) is 19.3 Å². The summed E-state index contributed by atoms with van der Waals surface area (Å²) in [6, 6.07) is -1.02. The average molecular weight is 870 g/mol. The van der Waals surface area contributed by atoms with Gasteiger partial charge in [0.25, 0.3) is 0 Å². The second kappa shape index (κ2) is 50.0. The predicted molar refractivity (Wildman–Crippen MR) is 270 cm³/mol. The molecule has 4 atom stereocenters. The van der Waals surface area contributed by atoms with Crippen molar-refractivity contribution in [2.24, 2.45) is 0 Å². The van der Waals surface area contributed by atoms with Crippen molar-refractivity contribution in [1.29, 1.82) is 0 Å². The van der Waals surface area contributed by atoms with Crippen LogP contribution in [-0.2, 0) is 4.79 Å². The van der Waals surface area contributed by atoms with Crippen molar-refractivity contribution in [1.82, 2.24) is 5.32 Å². The molecule has 0 aliphatic rings. The largest absolute Gasteiger partial charge is 0.394 e. The molecule has 0 spiro atoms. The number of hydrogen-bond donors (Lipinski definition) is 5. The highest BCUT2D eigenvalue weighted by atomic mass is 16.3. The third-order valence-corrected chi connectivity index (χ3v) is 12.2. The van der Waals surface area contributed by atoms with E-state index in [0.717, 1.165) is 57.8 Å². The maximum absolute atomic E-state index is 12.6. The molecule has 0 aliphatic carbocycles. The average Bonchev–Trinajstić information content (AvgIpc) is 3.28. The Bertz CT molecular complexity index is 1070. The summed E-state index contributed by atoms with van der Waals surface area (Å²) in [5, 5.41) is 43.8. The lowest BCUT2D eigenvalue weighted by Crippen LogP contribution is -2.53. The van der Waals surface area contributed by atoms with Crippen molar-refractivity contribution in [3.8, 4) is 0 Å². The lowest BCUT2D eigenvalue weighted by Gasteiger charge is -2.27. The number of nitrogens with one attached hydrogen (secondary N) is 1. The molecule has 6 nitrogen and oxygen atoms in total. The molecule has 0 rings (SSSR count). The fraction of sp³-hybridized carbons (Fsp3) is 0.804. The fourth-order valence-electron chi connectivity index (χ4n) is 7.96. The molecule has 0 aromatic carbocycles. The van der Waals surface area contributed by atoms with E-state index in [4.69, 9.17) is 0 Å². The zero-order valence-corrected chi connectivity index (χ0v) is 40.9. The molecule has 0 radical (unpaired) electrons. The van der Waals surface area contributed by atoms with Gasteiger partial charge in [0.15, 0.2) is 0 Å². The van der Waals surface area contributed by atoms with Crippen molar-refractivity contribution in [3.05, 3.63) is 60.8 Å². The Morgan fingerprint density at radius 3 is 1.15 bits per heavy atom. The zero-order chi connectivity index (χ0) is 45.2. The minimum absolute atomic E-state index is 0.350. The summed E-state index contributed by atoms with van der Waals surface area (Å²) < 4.78 is 0. The Hall–Kier alpha value is -1.99. The lowest BCUT2D eigenvalue weighted by molar-refractivity contribution is -0.132. The summed E-state index contributed by atoms with van der Waals surface area (Å²) in [6.45, 7) is 4.02. The molecule has 6 heteroatoms. The molecule has 62 heavy (non-hydrogen) atoms. The number of amides is 1. The lowest BCUT2D eigenvalue weighted by atomic mass is 10.00. The van der Waals surface area contributed by atoms with Gasteiger partial charge in [-0.05, 0) is 89.9 Å². The van der Waals surface area contributed by atoms with Gasteiger partial charge in [-0.3, -0.25) is 4.79 Å². The predicted octanol–water partition coefficient (Wildman–Crippen LogP) is 15.2. The smallest absolute Gasteiger partial charge is 0.249 e. The Labute approximate surface area is 384 Å². The van der Waals surface area contributed by atoms with Crippen molar-refractivity contribution in [2.45, 2.75) is 282 Å². The molecule has 0 aromatic rings. The standard InChI is InChI=1S/C56H103NO5/c1-3-5-7-9-11-13-15-17-19-21-23-24-25-26-27-28-29-30-31-32-34-35-37-39-41-43-45-47-49-53(59)55(61)52(51-58)57-56(62)54(60)50-48-46-44-42-40-38-36-33-22-20-18-16-14-12-10-8-6-4-2/h12,14,16,18,29-30,34-35,41,43,52-55,58-61H,3-11,13,15,17,19-28,31-33,36-40,42,44-51H2,1-2H3,(H,57,62)/b14-12-,18-16-,30-29+,35-34+,43-41+. The van der Waals surface area contributed by atoms with Crippen LogP contribution in [0.3, 0.4) is 0 Å². The quantitative estimate of drug-likeness (QED) is 0.0238. The van der Waals surface area contributed by atoms with E-state index in [1.165, 1.54) is 167 Å². The molecule has 0 fully saturated rings. The second-order valence-corrected chi connectivity index (χ2v) is 18.2. The van der Waals surface area contributed by atoms with Gasteiger partial charge in [0.1, 0.15) is 12.2 Å². The monoisotopic (exact) mass is 870 g/mol. The van der Waals surface area contributed by atoms with Gasteiger partial charge in [0, 0.05) is 0 Å². The Morgan fingerprint density at radius 1 is 0.403 bits per heavy atom. The van der Waals surface area contributed by atoms with E-state index in [1.807, 2.05) is 0 Å².